The molecular weight excluding hydrogens is 350 g/mol. The van der Waals surface area contributed by atoms with Gasteiger partial charge in [-0.1, -0.05) is 12.1 Å². The molecule has 26 heavy (non-hydrogen) atoms. The number of imidazole rings is 1. The Hall–Kier alpha value is -3.13. The van der Waals surface area contributed by atoms with Crippen LogP contribution >= 0.6 is 0 Å². The molecule has 0 fully saturated rings. The zero-order valence-corrected chi connectivity index (χ0v) is 14.9. The Kier molecular flexibility index (Phi) is 3.96. The molecule has 0 aliphatic rings. The maximum absolute atomic E-state index is 12.4. The van der Waals surface area contributed by atoms with Crippen LogP contribution in [0.2, 0.25) is 0 Å². The van der Waals surface area contributed by atoms with Crippen molar-refractivity contribution in [3.63, 3.8) is 0 Å². The molecule has 0 aliphatic carbocycles. The van der Waals surface area contributed by atoms with Crippen molar-refractivity contribution in [1.29, 1.82) is 0 Å². The SMILES string of the molecule is CS(=O)(=O)N(Cc1cn2ccccc2n1)c1cccc(-n2cccn2)c1. The third-order valence-corrected chi connectivity index (χ3v) is 5.15. The molecule has 0 N–H and O–H groups in total. The second-order valence-electron chi connectivity index (χ2n) is 5.94. The van der Waals surface area contributed by atoms with E-state index in [1.807, 2.05) is 59.4 Å². The molecule has 0 saturated carbocycles. The zero-order chi connectivity index (χ0) is 18.1. The van der Waals surface area contributed by atoms with Crippen LogP contribution in [0.5, 0.6) is 0 Å². The number of sulfonamides is 1. The minimum Gasteiger partial charge on any atom is -0.307 e. The van der Waals surface area contributed by atoms with Crippen LogP contribution in [0.25, 0.3) is 11.3 Å². The molecule has 0 aliphatic heterocycles. The third-order valence-electron chi connectivity index (χ3n) is 4.01. The highest BCUT2D eigenvalue weighted by Crippen LogP contribution is 2.23. The fourth-order valence-corrected chi connectivity index (χ4v) is 3.69. The monoisotopic (exact) mass is 367 g/mol. The van der Waals surface area contributed by atoms with Gasteiger partial charge in [-0.25, -0.2) is 18.1 Å². The van der Waals surface area contributed by atoms with E-state index < -0.39 is 10.0 Å². The molecule has 0 bridgehead atoms. The summed E-state index contributed by atoms with van der Waals surface area (Å²) in [5, 5.41) is 4.19. The molecule has 132 valence electrons. The van der Waals surface area contributed by atoms with Crippen LogP contribution in [-0.4, -0.2) is 33.8 Å². The van der Waals surface area contributed by atoms with Crippen molar-refractivity contribution in [2.75, 3.05) is 10.6 Å². The lowest BCUT2D eigenvalue weighted by Crippen LogP contribution is -2.29. The number of hydrogen-bond acceptors (Lipinski definition) is 4. The van der Waals surface area contributed by atoms with Crippen LogP contribution in [0.15, 0.2) is 73.3 Å². The topological polar surface area (TPSA) is 72.5 Å². The molecular formula is C18H17N5O2S. The van der Waals surface area contributed by atoms with Crippen molar-refractivity contribution >= 4 is 21.4 Å². The van der Waals surface area contributed by atoms with Gasteiger partial charge < -0.3 is 4.40 Å². The van der Waals surface area contributed by atoms with Crippen molar-refractivity contribution < 1.29 is 8.42 Å². The summed E-state index contributed by atoms with van der Waals surface area (Å²) in [4.78, 5) is 4.50. The second-order valence-corrected chi connectivity index (χ2v) is 7.85. The average Bonchev–Trinajstić information content (AvgIpc) is 3.28. The van der Waals surface area contributed by atoms with Gasteiger partial charge in [0.15, 0.2) is 0 Å². The van der Waals surface area contributed by atoms with E-state index in [-0.39, 0.29) is 6.54 Å². The Morgan fingerprint density at radius 2 is 1.96 bits per heavy atom. The van der Waals surface area contributed by atoms with Crippen molar-refractivity contribution in [2.24, 2.45) is 0 Å². The van der Waals surface area contributed by atoms with Gasteiger partial charge in [0, 0.05) is 24.8 Å². The standard InChI is InChI=1S/C18H17N5O2S/c1-26(24,25)23(14-15-13-21-10-3-2-8-18(21)20-15)17-7-4-6-16(12-17)22-11-5-9-19-22/h2-13H,14H2,1H3. The van der Waals surface area contributed by atoms with Gasteiger partial charge >= 0.3 is 0 Å². The molecule has 4 rings (SSSR count). The lowest BCUT2D eigenvalue weighted by atomic mass is 10.2. The first-order valence-corrected chi connectivity index (χ1v) is 9.86. The van der Waals surface area contributed by atoms with Crippen LogP contribution < -0.4 is 4.31 Å². The van der Waals surface area contributed by atoms with E-state index in [1.54, 1.807) is 23.0 Å². The molecule has 0 spiro atoms. The third kappa shape index (κ3) is 3.18. The predicted molar refractivity (Wildman–Crippen MR) is 99.8 cm³/mol. The number of pyridine rings is 1. The van der Waals surface area contributed by atoms with Gasteiger partial charge in [0.05, 0.1) is 29.9 Å². The van der Waals surface area contributed by atoms with E-state index in [4.69, 9.17) is 0 Å². The highest BCUT2D eigenvalue weighted by molar-refractivity contribution is 7.92. The Balaban J connectivity index is 1.73. The van der Waals surface area contributed by atoms with Gasteiger partial charge in [0.1, 0.15) is 5.65 Å². The Bertz CT molecular complexity index is 1120. The lowest BCUT2D eigenvalue weighted by molar-refractivity contribution is 0.596. The van der Waals surface area contributed by atoms with Crippen molar-refractivity contribution in [3.8, 4) is 5.69 Å². The highest BCUT2D eigenvalue weighted by atomic mass is 32.2. The smallest absolute Gasteiger partial charge is 0.232 e. The molecule has 0 atom stereocenters. The first kappa shape index (κ1) is 16.3. The van der Waals surface area contributed by atoms with E-state index in [2.05, 4.69) is 10.1 Å². The molecule has 0 amide bonds. The van der Waals surface area contributed by atoms with Crippen molar-refractivity contribution in [1.82, 2.24) is 19.2 Å². The summed E-state index contributed by atoms with van der Waals surface area (Å²) in [6.07, 6.45) is 8.41. The molecule has 0 unspecified atom stereocenters. The van der Waals surface area contributed by atoms with E-state index in [1.165, 1.54) is 10.6 Å². The summed E-state index contributed by atoms with van der Waals surface area (Å²) in [5.74, 6) is 0. The Labute approximate surface area is 151 Å². The summed E-state index contributed by atoms with van der Waals surface area (Å²) in [5.41, 5.74) is 2.81. The maximum Gasteiger partial charge on any atom is 0.232 e. The van der Waals surface area contributed by atoms with Gasteiger partial charge in [-0.2, -0.15) is 5.10 Å². The van der Waals surface area contributed by atoms with Crippen LogP contribution in [-0.2, 0) is 16.6 Å². The van der Waals surface area contributed by atoms with Crippen molar-refractivity contribution in [2.45, 2.75) is 6.54 Å². The van der Waals surface area contributed by atoms with E-state index >= 15 is 0 Å². The normalized spacial score (nSPS) is 11.7. The molecule has 0 radical (unpaired) electrons. The molecule has 3 aromatic heterocycles. The van der Waals surface area contributed by atoms with E-state index in [0.29, 0.717) is 11.4 Å². The molecule has 7 nitrogen and oxygen atoms in total. The van der Waals surface area contributed by atoms with Crippen LogP contribution in [0.3, 0.4) is 0 Å². The van der Waals surface area contributed by atoms with Gasteiger partial charge in [-0.05, 0) is 36.4 Å². The van der Waals surface area contributed by atoms with Crippen LogP contribution in [0.4, 0.5) is 5.69 Å². The minimum absolute atomic E-state index is 0.156. The molecule has 8 heteroatoms. The number of anilines is 1. The summed E-state index contributed by atoms with van der Waals surface area (Å²) < 4.78 is 29.7. The summed E-state index contributed by atoms with van der Waals surface area (Å²) in [6, 6.07) is 14.8. The first-order valence-electron chi connectivity index (χ1n) is 8.01. The molecule has 4 aromatic rings. The maximum atomic E-state index is 12.4. The highest BCUT2D eigenvalue weighted by Gasteiger charge is 2.20. The number of fused-ring (bicyclic) bond motifs is 1. The zero-order valence-electron chi connectivity index (χ0n) is 14.1. The number of nitrogens with zero attached hydrogens (tertiary/aromatic N) is 5. The lowest BCUT2D eigenvalue weighted by Gasteiger charge is -2.22. The van der Waals surface area contributed by atoms with Crippen LogP contribution in [0.1, 0.15) is 5.69 Å². The molecule has 1 aromatic carbocycles. The van der Waals surface area contributed by atoms with Gasteiger partial charge in [-0.15, -0.1) is 0 Å². The number of aromatic nitrogens is 4. The van der Waals surface area contributed by atoms with Crippen molar-refractivity contribution in [3.05, 3.63) is 79.0 Å². The first-order chi connectivity index (χ1) is 12.5. The molecule has 3 heterocycles. The number of benzene rings is 1. The fourth-order valence-electron chi connectivity index (χ4n) is 2.82. The minimum atomic E-state index is -3.48. The summed E-state index contributed by atoms with van der Waals surface area (Å²) in [6.45, 7) is 0.156. The van der Waals surface area contributed by atoms with E-state index in [0.717, 1.165) is 11.3 Å². The summed E-state index contributed by atoms with van der Waals surface area (Å²) >= 11 is 0. The molecule has 0 saturated heterocycles. The van der Waals surface area contributed by atoms with E-state index in [9.17, 15) is 8.42 Å². The van der Waals surface area contributed by atoms with Gasteiger partial charge in [-0.3, -0.25) is 4.31 Å². The van der Waals surface area contributed by atoms with Crippen LogP contribution in [0, 0.1) is 0 Å². The fraction of sp³-hybridized carbons (Fsp3) is 0.111. The predicted octanol–water partition coefficient (Wildman–Crippen LogP) is 2.49. The Morgan fingerprint density at radius 1 is 1.08 bits per heavy atom. The number of hydrogen-bond donors (Lipinski definition) is 0. The Morgan fingerprint density at radius 3 is 2.69 bits per heavy atom. The quantitative estimate of drug-likeness (QED) is 0.543. The van der Waals surface area contributed by atoms with Gasteiger partial charge in [0.2, 0.25) is 10.0 Å². The summed E-state index contributed by atoms with van der Waals surface area (Å²) in [7, 11) is -3.48. The van der Waals surface area contributed by atoms with Gasteiger partial charge in [0.25, 0.3) is 0 Å². The second kappa shape index (κ2) is 6.30. The largest absolute Gasteiger partial charge is 0.307 e. The number of rotatable bonds is 5. The average molecular weight is 367 g/mol.